The smallest absolute Gasteiger partial charge is 0.229 e. The minimum Gasteiger partial charge on any atom is -0.229 e. The lowest BCUT2D eigenvalue weighted by Gasteiger charge is -2.26. The van der Waals surface area contributed by atoms with Crippen molar-refractivity contribution in [3.05, 3.63) is 27.7 Å². The molecular formula is C10H11BrClNO4S2. The minimum atomic E-state index is -3.67. The highest BCUT2D eigenvalue weighted by Gasteiger charge is 2.31. The predicted molar refractivity (Wildman–Crippen MR) is 76.6 cm³/mol. The molecule has 0 unspecified atom stereocenters. The average Bonchev–Trinajstić information content (AvgIpc) is 2.32. The van der Waals surface area contributed by atoms with Gasteiger partial charge in [0.2, 0.25) is 10.0 Å². The zero-order valence-electron chi connectivity index (χ0n) is 9.71. The molecule has 9 heteroatoms. The van der Waals surface area contributed by atoms with Gasteiger partial charge >= 0.3 is 0 Å². The van der Waals surface area contributed by atoms with Crippen molar-refractivity contribution in [1.29, 1.82) is 0 Å². The Morgan fingerprint density at radius 2 is 1.79 bits per heavy atom. The lowest BCUT2D eigenvalue weighted by Crippen LogP contribution is -2.43. The Balaban J connectivity index is 2.30. The van der Waals surface area contributed by atoms with E-state index in [0.717, 1.165) is 0 Å². The van der Waals surface area contributed by atoms with Crippen LogP contribution < -0.4 is 0 Å². The second-order valence-corrected chi connectivity index (χ2v) is 9.63. The van der Waals surface area contributed by atoms with Crippen molar-refractivity contribution in [1.82, 2.24) is 4.31 Å². The van der Waals surface area contributed by atoms with Crippen LogP contribution in [0.3, 0.4) is 0 Å². The first kappa shape index (κ1) is 15.2. The molecule has 2 rings (SSSR count). The van der Waals surface area contributed by atoms with Crippen LogP contribution in [-0.4, -0.2) is 45.7 Å². The van der Waals surface area contributed by atoms with E-state index in [-0.39, 0.29) is 29.5 Å². The molecule has 0 aromatic heterocycles. The summed E-state index contributed by atoms with van der Waals surface area (Å²) >= 11 is 8.99. The van der Waals surface area contributed by atoms with Crippen LogP contribution in [0.15, 0.2) is 27.6 Å². The van der Waals surface area contributed by atoms with E-state index in [1.54, 1.807) is 0 Å². The van der Waals surface area contributed by atoms with E-state index in [1.165, 1.54) is 22.5 Å². The fourth-order valence-electron chi connectivity index (χ4n) is 1.72. The summed E-state index contributed by atoms with van der Waals surface area (Å²) in [6.45, 7) is -0.0180. The van der Waals surface area contributed by atoms with E-state index >= 15 is 0 Å². The molecule has 0 spiro atoms. The standard InChI is InChI=1S/C10H11BrClNO4S2/c11-9-7-8(1-2-10(9)12)19(16,17)13-3-5-18(14,15)6-4-13/h1-2,7H,3-6H2. The number of hydrogen-bond acceptors (Lipinski definition) is 4. The van der Waals surface area contributed by atoms with Gasteiger partial charge in [-0.15, -0.1) is 0 Å². The number of nitrogens with zero attached hydrogens (tertiary/aromatic N) is 1. The van der Waals surface area contributed by atoms with Crippen molar-refractivity contribution in [2.75, 3.05) is 24.6 Å². The van der Waals surface area contributed by atoms with Gasteiger partial charge in [-0.25, -0.2) is 16.8 Å². The maximum Gasteiger partial charge on any atom is 0.243 e. The molecule has 1 fully saturated rings. The van der Waals surface area contributed by atoms with Gasteiger partial charge in [0.25, 0.3) is 0 Å². The average molecular weight is 389 g/mol. The highest BCUT2D eigenvalue weighted by molar-refractivity contribution is 9.10. The first-order valence-electron chi connectivity index (χ1n) is 5.38. The van der Waals surface area contributed by atoms with Gasteiger partial charge in [0, 0.05) is 17.6 Å². The Morgan fingerprint density at radius 3 is 2.32 bits per heavy atom. The molecule has 0 amide bonds. The van der Waals surface area contributed by atoms with Gasteiger partial charge in [-0.1, -0.05) is 11.6 Å². The fourth-order valence-corrected chi connectivity index (χ4v) is 5.27. The molecule has 1 aliphatic heterocycles. The second-order valence-electron chi connectivity index (χ2n) is 4.13. The van der Waals surface area contributed by atoms with E-state index in [2.05, 4.69) is 15.9 Å². The van der Waals surface area contributed by atoms with Crippen LogP contribution in [0.4, 0.5) is 0 Å². The maximum atomic E-state index is 12.3. The number of hydrogen-bond donors (Lipinski definition) is 0. The highest BCUT2D eigenvalue weighted by Crippen LogP contribution is 2.27. The van der Waals surface area contributed by atoms with Gasteiger partial charge in [0.15, 0.2) is 9.84 Å². The van der Waals surface area contributed by atoms with Crippen molar-refractivity contribution >= 4 is 47.4 Å². The molecule has 1 heterocycles. The van der Waals surface area contributed by atoms with Gasteiger partial charge in [-0.3, -0.25) is 0 Å². The molecule has 1 aliphatic rings. The van der Waals surface area contributed by atoms with Gasteiger partial charge in [-0.2, -0.15) is 4.31 Å². The number of halogens is 2. The van der Waals surface area contributed by atoms with E-state index in [4.69, 9.17) is 11.6 Å². The predicted octanol–water partition coefficient (Wildman–Crippen LogP) is 1.52. The second kappa shape index (κ2) is 5.33. The van der Waals surface area contributed by atoms with E-state index in [9.17, 15) is 16.8 Å². The van der Waals surface area contributed by atoms with Crippen molar-refractivity contribution in [2.24, 2.45) is 0 Å². The third-order valence-electron chi connectivity index (χ3n) is 2.83. The van der Waals surface area contributed by atoms with Crippen molar-refractivity contribution < 1.29 is 16.8 Å². The van der Waals surface area contributed by atoms with Gasteiger partial charge in [-0.05, 0) is 34.1 Å². The van der Waals surface area contributed by atoms with Crippen LogP contribution in [0.25, 0.3) is 0 Å². The van der Waals surface area contributed by atoms with Crippen molar-refractivity contribution in [3.8, 4) is 0 Å². The zero-order valence-corrected chi connectivity index (χ0v) is 13.7. The summed E-state index contributed by atoms with van der Waals surface area (Å²) in [6, 6.07) is 4.31. The van der Waals surface area contributed by atoms with Crippen LogP contribution in [0.1, 0.15) is 0 Å². The van der Waals surface area contributed by atoms with Crippen LogP contribution in [-0.2, 0) is 19.9 Å². The molecule has 0 bridgehead atoms. The number of sulfonamides is 1. The SMILES string of the molecule is O=S1(=O)CCN(S(=O)(=O)c2ccc(Cl)c(Br)c2)CC1. The lowest BCUT2D eigenvalue weighted by atomic mass is 10.4. The number of rotatable bonds is 2. The van der Waals surface area contributed by atoms with Crippen LogP contribution in [0.2, 0.25) is 5.02 Å². The molecule has 0 aliphatic carbocycles. The first-order chi connectivity index (χ1) is 8.72. The molecule has 1 aromatic rings. The van der Waals surface area contributed by atoms with E-state index < -0.39 is 19.9 Å². The Labute approximate surface area is 125 Å². The third kappa shape index (κ3) is 3.30. The van der Waals surface area contributed by atoms with E-state index in [1.807, 2.05) is 0 Å². The topological polar surface area (TPSA) is 71.5 Å². The summed E-state index contributed by atoms with van der Waals surface area (Å²) in [7, 11) is -6.78. The summed E-state index contributed by atoms with van der Waals surface area (Å²) in [4.78, 5) is 0.100. The molecule has 106 valence electrons. The molecule has 1 saturated heterocycles. The molecule has 0 atom stereocenters. The van der Waals surface area contributed by atoms with Crippen LogP contribution >= 0.6 is 27.5 Å². The highest BCUT2D eigenvalue weighted by atomic mass is 79.9. The van der Waals surface area contributed by atoms with Crippen LogP contribution in [0, 0.1) is 0 Å². The normalized spacial score (nSPS) is 20.3. The Kier molecular flexibility index (Phi) is 4.27. The monoisotopic (exact) mass is 387 g/mol. The minimum absolute atomic E-state index is 0.00902. The summed E-state index contributed by atoms with van der Waals surface area (Å²) < 4.78 is 49.0. The summed E-state index contributed by atoms with van der Waals surface area (Å²) in [5.74, 6) is -0.276. The largest absolute Gasteiger partial charge is 0.243 e. The lowest BCUT2D eigenvalue weighted by molar-refractivity contribution is 0.430. The number of sulfone groups is 1. The van der Waals surface area contributed by atoms with E-state index in [0.29, 0.717) is 9.50 Å². The molecule has 19 heavy (non-hydrogen) atoms. The van der Waals surface area contributed by atoms with Gasteiger partial charge in [0.1, 0.15) is 0 Å². The van der Waals surface area contributed by atoms with Gasteiger partial charge in [0.05, 0.1) is 21.4 Å². The Hall–Kier alpha value is -0.150. The summed E-state index contributed by atoms with van der Waals surface area (Å²) in [6.07, 6.45) is 0. The fraction of sp³-hybridized carbons (Fsp3) is 0.400. The summed E-state index contributed by atoms with van der Waals surface area (Å²) in [5.41, 5.74) is 0. The molecule has 0 N–H and O–H groups in total. The molecule has 1 aromatic carbocycles. The third-order valence-corrected chi connectivity index (χ3v) is 7.55. The first-order valence-corrected chi connectivity index (χ1v) is 9.81. The van der Waals surface area contributed by atoms with Crippen LogP contribution in [0.5, 0.6) is 0 Å². The number of benzene rings is 1. The molecular weight excluding hydrogens is 378 g/mol. The van der Waals surface area contributed by atoms with Crippen molar-refractivity contribution in [2.45, 2.75) is 4.90 Å². The van der Waals surface area contributed by atoms with Gasteiger partial charge < -0.3 is 0 Å². The Bertz CT molecular complexity index is 688. The summed E-state index contributed by atoms with van der Waals surface area (Å²) in [5, 5.41) is 0.417. The molecule has 5 nitrogen and oxygen atoms in total. The maximum absolute atomic E-state index is 12.3. The molecule has 0 radical (unpaired) electrons. The zero-order chi connectivity index (χ0) is 14.3. The Morgan fingerprint density at radius 1 is 1.21 bits per heavy atom. The molecule has 0 saturated carbocycles. The quantitative estimate of drug-likeness (QED) is 0.770. The van der Waals surface area contributed by atoms with Crippen molar-refractivity contribution in [3.63, 3.8) is 0 Å².